The van der Waals surface area contributed by atoms with Crippen LogP contribution in [0.1, 0.15) is 41.1 Å². The van der Waals surface area contributed by atoms with Gasteiger partial charge in [-0.2, -0.15) is 0 Å². The molecule has 0 aliphatic carbocycles. The molecule has 1 saturated heterocycles. The zero-order valence-electron chi connectivity index (χ0n) is 13.3. The highest BCUT2D eigenvalue weighted by atomic mass is 35.5. The van der Waals surface area contributed by atoms with Crippen molar-refractivity contribution in [3.8, 4) is 0 Å². The molecular weight excluding hydrogens is 365 g/mol. The molecule has 1 aliphatic rings. The number of halogens is 2. The minimum atomic E-state index is -0.759. The SMILES string of the molecule is CCc1ccc(C(c2ccc(Cl)c(Cl)c2)N2CCCC2C(=O)O)s1. The fraction of sp³-hybridized carbons (Fsp3) is 0.389. The average Bonchev–Trinajstić information content (AvgIpc) is 3.20. The topological polar surface area (TPSA) is 40.5 Å². The van der Waals surface area contributed by atoms with E-state index in [9.17, 15) is 9.90 Å². The Kier molecular flexibility index (Phi) is 5.50. The number of aryl methyl sites for hydroxylation is 1. The monoisotopic (exact) mass is 383 g/mol. The van der Waals surface area contributed by atoms with Crippen molar-refractivity contribution < 1.29 is 9.90 Å². The third-order valence-electron chi connectivity index (χ3n) is 4.47. The van der Waals surface area contributed by atoms with E-state index < -0.39 is 12.0 Å². The highest BCUT2D eigenvalue weighted by Gasteiger charge is 2.37. The van der Waals surface area contributed by atoms with E-state index in [1.54, 1.807) is 17.4 Å². The molecule has 2 unspecified atom stereocenters. The number of rotatable bonds is 5. The van der Waals surface area contributed by atoms with Crippen molar-refractivity contribution in [1.29, 1.82) is 0 Å². The van der Waals surface area contributed by atoms with Crippen molar-refractivity contribution in [2.45, 2.75) is 38.3 Å². The second-order valence-electron chi connectivity index (χ2n) is 5.97. The molecule has 24 heavy (non-hydrogen) atoms. The molecule has 0 amide bonds. The van der Waals surface area contributed by atoms with Gasteiger partial charge >= 0.3 is 5.97 Å². The van der Waals surface area contributed by atoms with E-state index in [1.807, 2.05) is 12.1 Å². The molecule has 6 heteroatoms. The lowest BCUT2D eigenvalue weighted by molar-refractivity contribution is -0.142. The number of thiophene rings is 1. The summed E-state index contributed by atoms with van der Waals surface area (Å²) in [6.07, 6.45) is 2.54. The molecule has 0 saturated carbocycles. The summed E-state index contributed by atoms with van der Waals surface area (Å²) in [5, 5.41) is 10.6. The van der Waals surface area contributed by atoms with Gasteiger partial charge in [0.1, 0.15) is 6.04 Å². The maximum Gasteiger partial charge on any atom is 0.320 e. The van der Waals surface area contributed by atoms with Gasteiger partial charge in [-0.3, -0.25) is 9.69 Å². The van der Waals surface area contributed by atoms with Crippen molar-refractivity contribution in [2.24, 2.45) is 0 Å². The molecule has 3 nitrogen and oxygen atoms in total. The molecule has 2 heterocycles. The molecule has 1 N–H and O–H groups in total. The minimum Gasteiger partial charge on any atom is -0.480 e. The van der Waals surface area contributed by atoms with Crippen LogP contribution < -0.4 is 0 Å². The Balaban J connectivity index is 2.06. The summed E-state index contributed by atoms with van der Waals surface area (Å²) >= 11 is 14.0. The molecule has 128 valence electrons. The summed E-state index contributed by atoms with van der Waals surface area (Å²) in [4.78, 5) is 16.2. The van der Waals surface area contributed by atoms with Gasteiger partial charge in [-0.15, -0.1) is 11.3 Å². The molecule has 1 aliphatic heterocycles. The van der Waals surface area contributed by atoms with E-state index in [0.717, 1.165) is 29.8 Å². The molecule has 3 rings (SSSR count). The molecule has 2 aromatic rings. The molecule has 0 radical (unpaired) electrons. The summed E-state index contributed by atoms with van der Waals surface area (Å²) in [7, 11) is 0. The summed E-state index contributed by atoms with van der Waals surface area (Å²) in [6, 6.07) is 9.25. The highest BCUT2D eigenvalue weighted by Crippen LogP contribution is 2.39. The van der Waals surface area contributed by atoms with Crippen molar-refractivity contribution in [1.82, 2.24) is 4.90 Å². The molecular formula is C18H19Cl2NO2S. The van der Waals surface area contributed by atoms with Gasteiger partial charge in [0.05, 0.1) is 16.1 Å². The first-order chi connectivity index (χ1) is 11.5. The molecule has 1 fully saturated rings. The number of hydrogen-bond donors (Lipinski definition) is 1. The van der Waals surface area contributed by atoms with E-state index in [2.05, 4.69) is 24.0 Å². The van der Waals surface area contributed by atoms with Crippen molar-refractivity contribution in [2.75, 3.05) is 6.54 Å². The first-order valence-corrected chi connectivity index (χ1v) is 9.60. The van der Waals surface area contributed by atoms with Crippen LogP contribution in [-0.2, 0) is 11.2 Å². The highest BCUT2D eigenvalue weighted by molar-refractivity contribution is 7.12. The molecule has 1 aromatic heterocycles. The summed E-state index contributed by atoms with van der Waals surface area (Å²) < 4.78 is 0. The Morgan fingerprint density at radius 2 is 2.12 bits per heavy atom. The second-order valence-corrected chi connectivity index (χ2v) is 7.98. The predicted octanol–water partition coefficient (Wildman–Crippen LogP) is 5.26. The molecule has 2 atom stereocenters. The summed E-state index contributed by atoms with van der Waals surface area (Å²) in [5.74, 6) is -0.759. The zero-order chi connectivity index (χ0) is 17.3. The number of hydrogen-bond acceptors (Lipinski definition) is 3. The summed E-state index contributed by atoms with van der Waals surface area (Å²) in [5.41, 5.74) is 0.988. The smallest absolute Gasteiger partial charge is 0.320 e. The van der Waals surface area contributed by atoms with Gasteiger partial charge in [-0.05, 0) is 49.1 Å². The van der Waals surface area contributed by atoms with Gasteiger partial charge in [0, 0.05) is 16.3 Å². The van der Waals surface area contributed by atoms with Crippen LogP contribution in [0.15, 0.2) is 30.3 Å². The lowest BCUT2D eigenvalue weighted by Crippen LogP contribution is -2.39. The number of carbonyl (C=O) groups is 1. The Labute approximate surface area is 155 Å². The van der Waals surface area contributed by atoms with Crippen LogP contribution in [0.4, 0.5) is 0 Å². The van der Waals surface area contributed by atoms with E-state index in [-0.39, 0.29) is 6.04 Å². The largest absolute Gasteiger partial charge is 0.480 e. The van der Waals surface area contributed by atoms with Crippen molar-refractivity contribution in [3.63, 3.8) is 0 Å². The number of nitrogens with zero attached hydrogens (tertiary/aromatic N) is 1. The molecule has 0 bridgehead atoms. The quantitative estimate of drug-likeness (QED) is 0.765. The first kappa shape index (κ1) is 17.7. The van der Waals surface area contributed by atoms with E-state index >= 15 is 0 Å². The van der Waals surface area contributed by atoms with Crippen LogP contribution in [0, 0.1) is 0 Å². The zero-order valence-corrected chi connectivity index (χ0v) is 15.7. The Morgan fingerprint density at radius 3 is 2.75 bits per heavy atom. The fourth-order valence-corrected chi connectivity index (χ4v) is 4.71. The van der Waals surface area contributed by atoms with Crippen LogP contribution >= 0.6 is 34.5 Å². The Morgan fingerprint density at radius 1 is 1.33 bits per heavy atom. The second kappa shape index (κ2) is 7.44. The Hall–Kier alpha value is -1.07. The standard InChI is InChI=1S/C18H19Cl2NO2S/c1-2-12-6-8-16(24-12)17(11-5-7-13(19)14(20)10-11)21-9-3-4-15(21)18(22)23/h5-8,10,15,17H,2-4,9H2,1H3,(H,22,23). The lowest BCUT2D eigenvalue weighted by Gasteiger charge is -2.31. The first-order valence-electron chi connectivity index (χ1n) is 8.03. The van der Waals surface area contributed by atoms with Crippen molar-refractivity contribution in [3.05, 3.63) is 55.7 Å². The predicted molar refractivity (Wildman–Crippen MR) is 99.4 cm³/mol. The van der Waals surface area contributed by atoms with E-state index in [0.29, 0.717) is 16.5 Å². The molecule has 1 aromatic carbocycles. The van der Waals surface area contributed by atoms with E-state index in [4.69, 9.17) is 23.2 Å². The number of carboxylic acids is 1. The number of carboxylic acid groups (broad SMARTS) is 1. The summed E-state index contributed by atoms with van der Waals surface area (Å²) in [6.45, 7) is 2.89. The number of aliphatic carboxylic acids is 1. The average molecular weight is 384 g/mol. The number of likely N-dealkylation sites (tertiary alicyclic amines) is 1. The van der Waals surface area contributed by atoms with Gasteiger partial charge in [0.25, 0.3) is 0 Å². The van der Waals surface area contributed by atoms with Crippen LogP contribution in [0.5, 0.6) is 0 Å². The van der Waals surface area contributed by atoms with Crippen LogP contribution in [0.25, 0.3) is 0 Å². The van der Waals surface area contributed by atoms with Crippen LogP contribution in [-0.4, -0.2) is 28.6 Å². The van der Waals surface area contributed by atoms with Gasteiger partial charge in [0.2, 0.25) is 0 Å². The molecule has 0 spiro atoms. The fourth-order valence-electron chi connectivity index (χ4n) is 3.30. The van der Waals surface area contributed by atoms with Gasteiger partial charge in [-0.25, -0.2) is 0 Å². The number of benzene rings is 1. The third kappa shape index (κ3) is 3.47. The third-order valence-corrected chi connectivity index (χ3v) is 6.49. The normalized spacial score (nSPS) is 19.5. The van der Waals surface area contributed by atoms with Gasteiger partial charge in [0.15, 0.2) is 0 Å². The Bertz CT molecular complexity index is 746. The lowest BCUT2D eigenvalue weighted by atomic mass is 10.0. The maximum atomic E-state index is 11.7. The minimum absolute atomic E-state index is 0.103. The van der Waals surface area contributed by atoms with Crippen LogP contribution in [0.3, 0.4) is 0 Å². The maximum absolute atomic E-state index is 11.7. The van der Waals surface area contributed by atoms with E-state index in [1.165, 1.54) is 4.88 Å². The van der Waals surface area contributed by atoms with Crippen LogP contribution in [0.2, 0.25) is 10.0 Å². The van der Waals surface area contributed by atoms with Gasteiger partial charge < -0.3 is 5.11 Å². The van der Waals surface area contributed by atoms with Gasteiger partial charge in [-0.1, -0.05) is 36.2 Å². The van der Waals surface area contributed by atoms with Crippen molar-refractivity contribution >= 4 is 40.5 Å².